The third kappa shape index (κ3) is 4.92. The average molecular weight is 420 g/mol. The van der Waals surface area contributed by atoms with Gasteiger partial charge >= 0.3 is 0 Å². The van der Waals surface area contributed by atoms with Crippen LogP contribution in [0.1, 0.15) is 12.5 Å². The van der Waals surface area contributed by atoms with E-state index in [1.165, 1.54) is 0 Å². The Hall–Kier alpha value is -2.94. The average Bonchev–Trinajstić information content (AvgIpc) is 2.71. The zero-order valence-electron chi connectivity index (χ0n) is 16.5. The Kier molecular flexibility index (Phi) is 6.17. The maximum absolute atomic E-state index is 12.7. The van der Waals surface area contributed by atoms with E-state index in [0.29, 0.717) is 30.4 Å². The van der Waals surface area contributed by atoms with Crippen LogP contribution >= 0.6 is 0 Å². The number of fused-ring (bicyclic) bond motifs is 1. The molecule has 2 aromatic carbocycles. The standard InChI is InChI=1S/C20H24N2O6S/c1-14(20(23)21-13-15-4-7-17(26-2)8-5-15)22(29(3,24)25)16-6-9-18-19(12-16)28-11-10-27-18/h4-9,12,14H,10-11,13H2,1-3H3,(H,21,23)/t14-/m0/s1. The summed E-state index contributed by atoms with van der Waals surface area (Å²) in [6, 6.07) is 11.1. The summed E-state index contributed by atoms with van der Waals surface area (Å²) in [5.74, 6) is 1.30. The van der Waals surface area contributed by atoms with Crippen LogP contribution in [0.25, 0.3) is 0 Å². The smallest absolute Gasteiger partial charge is 0.243 e. The maximum Gasteiger partial charge on any atom is 0.243 e. The van der Waals surface area contributed by atoms with Gasteiger partial charge in [0.05, 0.1) is 19.1 Å². The van der Waals surface area contributed by atoms with Gasteiger partial charge < -0.3 is 19.5 Å². The van der Waals surface area contributed by atoms with E-state index in [1.807, 2.05) is 12.1 Å². The minimum Gasteiger partial charge on any atom is -0.497 e. The van der Waals surface area contributed by atoms with Crippen molar-refractivity contribution in [2.75, 3.05) is 30.9 Å². The summed E-state index contributed by atoms with van der Waals surface area (Å²) in [5.41, 5.74) is 1.21. The predicted octanol–water partition coefficient (Wildman–Crippen LogP) is 1.94. The number of carbonyl (C=O) groups excluding carboxylic acids is 1. The maximum atomic E-state index is 12.7. The highest BCUT2D eigenvalue weighted by molar-refractivity contribution is 7.92. The summed E-state index contributed by atoms with van der Waals surface area (Å²) in [4.78, 5) is 12.7. The number of nitrogens with one attached hydrogen (secondary N) is 1. The lowest BCUT2D eigenvalue weighted by Gasteiger charge is -2.29. The van der Waals surface area contributed by atoms with Crippen molar-refractivity contribution in [2.45, 2.75) is 19.5 Å². The number of rotatable bonds is 7. The van der Waals surface area contributed by atoms with E-state index in [-0.39, 0.29) is 6.54 Å². The van der Waals surface area contributed by atoms with E-state index in [9.17, 15) is 13.2 Å². The number of carbonyl (C=O) groups is 1. The van der Waals surface area contributed by atoms with Crippen LogP contribution in [0.4, 0.5) is 5.69 Å². The lowest BCUT2D eigenvalue weighted by atomic mass is 10.2. The van der Waals surface area contributed by atoms with Gasteiger partial charge in [0, 0.05) is 12.6 Å². The Bertz CT molecular complexity index is 975. The predicted molar refractivity (Wildman–Crippen MR) is 109 cm³/mol. The minimum absolute atomic E-state index is 0.270. The molecule has 0 spiro atoms. The van der Waals surface area contributed by atoms with Gasteiger partial charge in [-0.05, 0) is 36.8 Å². The molecule has 0 aromatic heterocycles. The van der Waals surface area contributed by atoms with E-state index in [4.69, 9.17) is 14.2 Å². The summed E-state index contributed by atoms with van der Waals surface area (Å²) in [7, 11) is -2.14. The fraction of sp³-hybridized carbons (Fsp3) is 0.350. The number of nitrogens with zero attached hydrogens (tertiary/aromatic N) is 1. The quantitative estimate of drug-likeness (QED) is 0.736. The first-order valence-corrected chi connectivity index (χ1v) is 10.9. The number of ether oxygens (including phenoxy) is 3. The fourth-order valence-electron chi connectivity index (χ4n) is 3.06. The number of hydrogen-bond donors (Lipinski definition) is 1. The Morgan fingerprint density at radius 2 is 1.79 bits per heavy atom. The first kappa shape index (κ1) is 20.8. The lowest BCUT2D eigenvalue weighted by Crippen LogP contribution is -2.47. The first-order valence-electron chi connectivity index (χ1n) is 9.09. The molecule has 1 aliphatic heterocycles. The molecule has 1 N–H and O–H groups in total. The molecule has 0 saturated heterocycles. The Morgan fingerprint density at radius 1 is 1.14 bits per heavy atom. The molecule has 0 aliphatic carbocycles. The molecule has 0 bridgehead atoms. The van der Waals surface area contributed by atoms with Crippen LogP contribution in [0.3, 0.4) is 0 Å². The summed E-state index contributed by atoms with van der Waals surface area (Å²) in [6.45, 7) is 2.63. The van der Waals surface area contributed by atoms with Crippen LogP contribution in [0, 0.1) is 0 Å². The van der Waals surface area contributed by atoms with Crippen molar-refractivity contribution in [3.63, 3.8) is 0 Å². The van der Waals surface area contributed by atoms with Crippen LogP contribution in [-0.2, 0) is 21.4 Å². The molecule has 0 saturated carbocycles. The molecular formula is C20H24N2O6S. The van der Waals surface area contributed by atoms with Crippen LogP contribution < -0.4 is 23.8 Å². The Morgan fingerprint density at radius 3 is 2.41 bits per heavy atom. The fourth-order valence-corrected chi connectivity index (χ4v) is 4.22. The highest BCUT2D eigenvalue weighted by Crippen LogP contribution is 2.35. The highest BCUT2D eigenvalue weighted by Gasteiger charge is 2.30. The molecule has 156 valence electrons. The molecule has 0 radical (unpaired) electrons. The number of hydrogen-bond acceptors (Lipinski definition) is 6. The molecule has 9 heteroatoms. The third-order valence-electron chi connectivity index (χ3n) is 4.49. The van der Waals surface area contributed by atoms with Gasteiger partial charge in [-0.1, -0.05) is 12.1 Å². The molecule has 3 rings (SSSR count). The van der Waals surface area contributed by atoms with Gasteiger partial charge in [0.25, 0.3) is 0 Å². The van der Waals surface area contributed by atoms with Gasteiger partial charge in [-0.2, -0.15) is 0 Å². The van der Waals surface area contributed by atoms with Crippen molar-refractivity contribution in [1.29, 1.82) is 0 Å². The summed E-state index contributed by atoms with van der Waals surface area (Å²) in [5, 5.41) is 2.78. The van der Waals surface area contributed by atoms with E-state index in [1.54, 1.807) is 44.4 Å². The van der Waals surface area contributed by atoms with Gasteiger partial charge in [-0.15, -0.1) is 0 Å². The lowest BCUT2D eigenvalue weighted by molar-refractivity contribution is -0.122. The second kappa shape index (κ2) is 8.60. The van der Waals surface area contributed by atoms with Crippen LogP contribution in [-0.4, -0.2) is 46.9 Å². The molecule has 1 heterocycles. The highest BCUT2D eigenvalue weighted by atomic mass is 32.2. The molecule has 8 nitrogen and oxygen atoms in total. The largest absolute Gasteiger partial charge is 0.497 e. The van der Waals surface area contributed by atoms with Gasteiger partial charge in [-0.25, -0.2) is 8.42 Å². The second-order valence-electron chi connectivity index (χ2n) is 6.63. The zero-order chi connectivity index (χ0) is 21.0. The normalized spacial score (nSPS) is 14.0. The van der Waals surface area contributed by atoms with Gasteiger partial charge in [-0.3, -0.25) is 9.10 Å². The van der Waals surface area contributed by atoms with Crippen LogP contribution in [0.5, 0.6) is 17.2 Å². The minimum atomic E-state index is -3.72. The zero-order valence-corrected chi connectivity index (χ0v) is 17.4. The molecular weight excluding hydrogens is 396 g/mol. The van der Waals surface area contributed by atoms with Crippen molar-refractivity contribution in [1.82, 2.24) is 5.32 Å². The van der Waals surface area contributed by atoms with E-state index >= 15 is 0 Å². The van der Waals surface area contributed by atoms with Crippen LogP contribution in [0.2, 0.25) is 0 Å². The van der Waals surface area contributed by atoms with Gasteiger partial charge in [0.15, 0.2) is 11.5 Å². The van der Waals surface area contributed by atoms with Crippen molar-refractivity contribution in [3.8, 4) is 17.2 Å². The first-order chi connectivity index (χ1) is 13.8. The van der Waals surface area contributed by atoms with E-state index in [0.717, 1.165) is 21.9 Å². The number of sulfonamides is 1. The molecule has 0 fully saturated rings. The number of amides is 1. The van der Waals surface area contributed by atoms with Crippen molar-refractivity contribution >= 4 is 21.6 Å². The van der Waals surface area contributed by atoms with E-state index < -0.39 is 22.0 Å². The number of anilines is 1. The SMILES string of the molecule is COc1ccc(CNC(=O)[C@H](C)N(c2ccc3c(c2)OCCO3)S(C)(=O)=O)cc1. The molecule has 1 aliphatic rings. The molecule has 29 heavy (non-hydrogen) atoms. The molecule has 0 unspecified atom stereocenters. The molecule has 1 amide bonds. The molecule has 1 atom stereocenters. The summed E-state index contributed by atoms with van der Waals surface area (Å²) < 4.78 is 42.1. The molecule has 2 aromatic rings. The topological polar surface area (TPSA) is 94.2 Å². The Balaban J connectivity index is 1.76. The van der Waals surface area contributed by atoms with Crippen molar-refractivity contribution in [2.24, 2.45) is 0 Å². The van der Waals surface area contributed by atoms with Crippen molar-refractivity contribution in [3.05, 3.63) is 48.0 Å². The van der Waals surface area contributed by atoms with Gasteiger partial charge in [0.2, 0.25) is 15.9 Å². The van der Waals surface area contributed by atoms with Gasteiger partial charge in [0.1, 0.15) is 25.0 Å². The number of methoxy groups -OCH3 is 1. The second-order valence-corrected chi connectivity index (χ2v) is 8.49. The third-order valence-corrected chi connectivity index (χ3v) is 5.74. The monoisotopic (exact) mass is 420 g/mol. The Labute approximate surface area is 170 Å². The number of benzene rings is 2. The van der Waals surface area contributed by atoms with Crippen LogP contribution in [0.15, 0.2) is 42.5 Å². The summed E-state index contributed by atoms with van der Waals surface area (Å²) in [6.07, 6.45) is 1.07. The van der Waals surface area contributed by atoms with E-state index in [2.05, 4.69) is 5.32 Å². The van der Waals surface area contributed by atoms with Crippen molar-refractivity contribution < 1.29 is 27.4 Å². The summed E-state index contributed by atoms with van der Waals surface area (Å²) >= 11 is 0.